The Hall–Kier alpha value is -17.8. The fourth-order valence-corrected chi connectivity index (χ4v) is 13.1. The van der Waals surface area contributed by atoms with Crippen LogP contribution in [0, 0.1) is 20.8 Å². The maximum Gasteiger partial charge on any atom is 0.349 e. The van der Waals surface area contributed by atoms with Crippen LogP contribution in [0.3, 0.4) is 0 Å². The molecular weight excluding hydrogens is 1890 g/mol. The van der Waals surface area contributed by atoms with E-state index in [1.807, 2.05) is 15.0 Å². The zero-order valence-corrected chi connectivity index (χ0v) is 78.0. The van der Waals surface area contributed by atoms with E-state index < -0.39 is 334 Å². The first-order valence-electron chi connectivity index (χ1n) is 43.8. The number of nitrogens with zero attached hydrogens (tertiary/aromatic N) is 18. The van der Waals surface area contributed by atoms with Crippen molar-refractivity contribution in [3.05, 3.63) is 189 Å². The highest BCUT2D eigenvalue weighted by atomic mass is 16.2. The van der Waals surface area contributed by atoms with Crippen LogP contribution in [0.5, 0.6) is 0 Å². The van der Waals surface area contributed by atoms with Crippen molar-refractivity contribution < 1.29 is 76.7 Å². The number of amides is 16. The van der Waals surface area contributed by atoms with Crippen LogP contribution in [-0.4, -0.2) is 352 Å². The van der Waals surface area contributed by atoms with Crippen LogP contribution in [0.2, 0.25) is 0 Å². The number of rotatable bonds is 56. The number of primary amides is 1. The van der Waals surface area contributed by atoms with E-state index in [1.54, 1.807) is 0 Å². The van der Waals surface area contributed by atoms with Crippen LogP contribution in [-0.2, 0) is 123 Å². The van der Waals surface area contributed by atoms with Gasteiger partial charge in [0.1, 0.15) is 69.1 Å². The average molecular weight is 2010 g/mol. The van der Waals surface area contributed by atoms with Crippen molar-refractivity contribution >= 4 is 118 Å². The van der Waals surface area contributed by atoms with Crippen LogP contribution in [0.1, 0.15) is 36.0 Å². The number of aromatic nitrogens is 14. The SMILES string of the molecule is Cc1cn(CC(=O)N(CCNC(=O)CN(CCNC(=O)CN(CCNC(=O)CN(CCNC(=O)CN(CCNC(=O)[C@@H](N)CCCCN)C(=O)Cn2ccc(N)nc2=O)C(=O)Cn2ccc(N)nc2=O)C(=O)Cn2cc(C)c(=O)[nH]c2=O)C(=O)Cn2cc(C)c(=O)[nH]c2=O)CC(=O)NCCN(CC(=O)NCCN(CC(=O)NCC(N)=O)C(=O)Cn2ccc(N)nc2=O)C(=O)Cn2ccc(N)nc2=O)c(=O)[nH]c1=O. The third kappa shape index (κ3) is 37.6. The van der Waals surface area contributed by atoms with Gasteiger partial charge in [-0.1, -0.05) is 6.42 Å². The summed E-state index contributed by atoms with van der Waals surface area (Å²) in [4.78, 5) is 373. The fourth-order valence-electron chi connectivity index (χ4n) is 13.1. The largest absolute Gasteiger partial charge is 0.383 e. The monoisotopic (exact) mass is 2000 g/mol. The molecule has 25 N–H and O–H groups in total. The second-order valence-electron chi connectivity index (χ2n) is 31.9. The smallest absolute Gasteiger partial charge is 0.349 e. The molecule has 16 amide bonds. The molecule has 143 heavy (non-hydrogen) atoms. The number of aromatic amines is 3. The minimum atomic E-state index is -1.07. The Morgan fingerprint density at radius 1 is 0.322 bits per heavy atom. The van der Waals surface area contributed by atoms with E-state index in [-0.39, 0.29) is 53.1 Å². The predicted octanol–water partition coefficient (Wildman–Crippen LogP) is -17.4. The number of unbranched alkanes of at least 4 members (excludes halogenated alkanes) is 1. The maximum absolute atomic E-state index is 14.3. The topological polar surface area (TPSA) is 878 Å². The molecule has 0 bridgehead atoms. The summed E-state index contributed by atoms with van der Waals surface area (Å²) in [5, 5.41) is 19.8. The van der Waals surface area contributed by atoms with Gasteiger partial charge in [-0.2, -0.15) is 19.9 Å². The first-order chi connectivity index (χ1) is 67.7. The minimum absolute atomic E-state index is 0.0251. The Bertz CT molecular complexity index is 6510. The molecule has 0 spiro atoms. The second-order valence-corrected chi connectivity index (χ2v) is 31.9. The summed E-state index contributed by atoms with van der Waals surface area (Å²) < 4.78 is 5.84. The van der Waals surface area contributed by atoms with Crippen molar-refractivity contribution in [1.82, 2.24) is 144 Å². The van der Waals surface area contributed by atoms with E-state index in [4.69, 9.17) is 40.1 Å². The summed E-state index contributed by atoms with van der Waals surface area (Å²) in [6.45, 7) is -14.3. The quantitative estimate of drug-likeness (QED) is 0.0157. The predicted molar refractivity (Wildman–Crippen MR) is 500 cm³/mol. The van der Waals surface area contributed by atoms with Gasteiger partial charge in [-0.3, -0.25) is 138 Å². The Kier molecular flexibility index (Phi) is 43.1. The lowest BCUT2D eigenvalue weighted by molar-refractivity contribution is -0.138. The zero-order valence-electron chi connectivity index (χ0n) is 78.0. The van der Waals surface area contributed by atoms with Crippen molar-refractivity contribution in [2.24, 2.45) is 17.2 Å². The van der Waals surface area contributed by atoms with Gasteiger partial charge in [-0.15, -0.1) is 0 Å². The number of hydrogen-bond donors (Lipinski definition) is 18. The van der Waals surface area contributed by atoms with Crippen LogP contribution in [0.15, 0.2) is 116 Å². The van der Waals surface area contributed by atoms with Gasteiger partial charge in [-0.25, -0.2) is 33.6 Å². The maximum atomic E-state index is 14.3. The second kappa shape index (κ2) is 55.0. The Labute approximate surface area is 806 Å². The van der Waals surface area contributed by atoms with Crippen LogP contribution in [0.4, 0.5) is 23.3 Å². The highest BCUT2D eigenvalue weighted by Gasteiger charge is 2.29. The molecule has 62 heteroatoms. The standard InChI is InChI=1S/C81H112N36O26/c1-48-31-115(79(141)101-71(48)133)45-68(130)106(25-14-91-57(119)34-105(65(127)42-112-20-8-53(85)98-76(112)138)24-13-90-62(124)39-110(29-18-95-74(136)51(83)6-4-5-11-82)67(129)44-114-22-10-55(87)100-78(114)140)37-60(122)93-16-27-108(70(132)47-117-33-50(3)73(135)103-81(117)143)38-61(123)92-15-26-107(69(131)46-116-32-49(2)72(134)102-80(116)142)36-59(121)89-12-23-104(64(126)41-111-19-7-52(84)97-75(111)137)35-58(120)94-17-28-109(40-63(125)96-30-56(88)118)66(128)43-113-21-9-54(86)99-77(113)139/h7-10,19-22,31-33,51H,4-6,11-18,23-30,34-47,82-83H2,1-3H3,(H2,88,118)(H,89,121)(H,90,124)(H,91,119)(H,92,123)(H,93,122)(H,94,120)(H,95,136)(H,96,125)(H2,84,97,137)(H2,85,98,138)(H2,86,99,139)(H2,87,100,140)(H,101,133,141)(H,102,134,142)(H,103,135,143)/t51-/m0/s1. The van der Waals surface area contributed by atoms with Crippen molar-refractivity contribution in [3.63, 3.8) is 0 Å². The summed E-state index contributed by atoms with van der Waals surface area (Å²) in [5.41, 5.74) is 29.8. The van der Waals surface area contributed by atoms with Crippen LogP contribution < -0.4 is 139 Å². The van der Waals surface area contributed by atoms with Gasteiger partial charge in [-0.05, 0) is 64.4 Å². The van der Waals surface area contributed by atoms with E-state index >= 15 is 0 Å². The number of hydrogen-bond acceptors (Lipinski definition) is 36. The molecule has 7 aromatic heterocycles. The molecule has 0 radical (unpaired) electrons. The lowest BCUT2D eigenvalue weighted by atomic mass is 10.1. The van der Waals surface area contributed by atoms with Crippen molar-refractivity contribution in [2.45, 2.75) is 91.9 Å². The number of nitrogens with one attached hydrogen (secondary N) is 11. The number of nitrogen functional groups attached to an aromatic ring is 4. The summed E-state index contributed by atoms with van der Waals surface area (Å²) in [6.07, 6.45) is 9.17. The lowest BCUT2D eigenvalue weighted by Crippen LogP contribution is -2.51. The molecule has 0 aromatic carbocycles. The first-order valence-corrected chi connectivity index (χ1v) is 43.8. The molecule has 7 aromatic rings. The van der Waals surface area contributed by atoms with E-state index in [0.29, 0.717) is 25.8 Å². The number of H-pyrrole nitrogens is 3. The summed E-state index contributed by atoms with van der Waals surface area (Å²) in [7, 11) is 0. The molecule has 0 saturated heterocycles. The molecule has 0 aliphatic rings. The zero-order chi connectivity index (χ0) is 105. The van der Waals surface area contributed by atoms with Crippen molar-refractivity contribution in [3.8, 4) is 0 Å². The van der Waals surface area contributed by atoms with E-state index in [0.717, 1.165) is 103 Å². The molecule has 0 aliphatic heterocycles. The van der Waals surface area contributed by atoms with Gasteiger partial charge in [0.15, 0.2) is 0 Å². The number of nitrogens with two attached hydrogens (primary N) is 7. The molecule has 7 rings (SSSR count). The highest BCUT2D eigenvalue weighted by molar-refractivity contribution is 5.91. The number of carbonyl (C=O) groups excluding carboxylic acids is 16. The molecule has 0 fully saturated rings. The van der Waals surface area contributed by atoms with Gasteiger partial charge in [0.05, 0.1) is 58.4 Å². The number of carbonyl (C=O) groups is 16. The van der Waals surface area contributed by atoms with Gasteiger partial charge >= 0.3 is 39.8 Å². The lowest BCUT2D eigenvalue weighted by Gasteiger charge is -2.26. The van der Waals surface area contributed by atoms with Crippen LogP contribution >= 0.6 is 0 Å². The molecular formula is C81H112N36O26. The Balaban J connectivity index is 1.05. The Morgan fingerprint density at radius 3 is 0.741 bits per heavy atom. The molecule has 62 nitrogen and oxygen atoms in total. The number of aryl methyl sites for hydroxylation is 3. The van der Waals surface area contributed by atoms with Crippen molar-refractivity contribution in [2.75, 3.05) is 173 Å². The van der Waals surface area contributed by atoms with Crippen molar-refractivity contribution in [1.29, 1.82) is 0 Å². The fraction of sp³-hybridized carbons (Fsp3) is 0.457. The summed E-state index contributed by atoms with van der Waals surface area (Å²) in [5.74, 6) is -15.3. The van der Waals surface area contributed by atoms with E-state index in [1.165, 1.54) is 51.2 Å². The molecule has 7 heterocycles. The van der Waals surface area contributed by atoms with Gasteiger partial charge in [0, 0.05) is 152 Å². The van der Waals surface area contributed by atoms with Gasteiger partial charge < -0.3 is 117 Å². The normalized spacial score (nSPS) is 11.1. The summed E-state index contributed by atoms with van der Waals surface area (Å²) >= 11 is 0. The van der Waals surface area contributed by atoms with Crippen LogP contribution in [0.25, 0.3) is 0 Å². The Morgan fingerprint density at radius 2 is 0.531 bits per heavy atom. The summed E-state index contributed by atoms with van der Waals surface area (Å²) in [6, 6.07) is 3.93. The third-order valence-electron chi connectivity index (χ3n) is 20.8. The minimum Gasteiger partial charge on any atom is -0.383 e. The van der Waals surface area contributed by atoms with Gasteiger partial charge in [0.25, 0.3) is 16.7 Å². The molecule has 772 valence electrons. The van der Waals surface area contributed by atoms with E-state index in [9.17, 15) is 125 Å². The van der Waals surface area contributed by atoms with Gasteiger partial charge in [0.2, 0.25) is 94.5 Å². The average Bonchev–Trinajstić information content (AvgIpc) is 0.843. The highest BCUT2D eigenvalue weighted by Crippen LogP contribution is 2.07. The van der Waals surface area contributed by atoms with E-state index in [2.05, 4.69) is 62.5 Å². The third-order valence-corrected chi connectivity index (χ3v) is 20.8. The molecule has 0 aliphatic carbocycles. The molecule has 1 atom stereocenters. The number of anilines is 4. The molecule has 0 saturated carbocycles. The first kappa shape index (κ1) is 112. The molecule has 0 unspecified atom stereocenters.